The maximum atomic E-state index is 13.1. The zero-order chi connectivity index (χ0) is 23.4. The minimum absolute atomic E-state index is 0.0317. The van der Waals surface area contributed by atoms with Gasteiger partial charge in [0.25, 0.3) is 11.7 Å². The molecule has 2 aromatic rings. The van der Waals surface area contributed by atoms with E-state index in [0.717, 1.165) is 0 Å². The molecule has 0 bridgehead atoms. The molecule has 1 aliphatic heterocycles. The number of Topliss-reactive ketones (excluding diaryl/α,β-unsaturated/α-hetero) is 1. The number of aliphatic hydroxyl groups is 1. The number of methoxy groups -OCH3 is 3. The van der Waals surface area contributed by atoms with Gasteiger partial charge in [-0.15, -0.1) is 0 Å². The van der Waals surface area contributed by atoms with Crippen molar-refractivity contribution in [2.24, 2.45) is 0 Å². The third-order valence-electron chi connectivity index (χ3n) is 5.20. The van der Waals surface area contributed by atoms with Crippen molar-refractivity contribution in [3.8, 4) is 17.2 Å². The zero-order valence-corrected chi connectivity index (χ0v) is 18.7. The maximum Gasteiger partial charge on any atom is 0.295 e. The number of rotatable bonds is 8. The highest BCUT2D eigenvalue weighted by Crippen LogP contribution is 2.43. The fourth-order valence-electron chi connectivity index (χ4n) is 3.72. The van der Waals surface area contributed by atoms with Crippen LogP contribution in [0.5, 0.6) is 17.2 Å². The molecule has 8 nitrogen and oxygen atoms in total. The first-order chi connectivity index (χ1) is 15.3. The fourth-order valence-corrected chi connectivity index (χ4v) is 3.95. The van der Waals surface area contributed by atoms with Crippen LogP contribution in [-0.4, -0.2) is 61.3 Å². The van der Waals surface area contributed by atoms with Crippen LogP contribution in [0.2, 0.25) is 5.02 Å². The molecule has 2 N–H and O–H groups in total. The Kier molecular flexibility index (Phi) is 7.27. The van der Waals surface area contributed by atoms with Crippen molar-refractivity contribution in [3.63, 3.8) is 0 Å². The molecule has 32 heavy (non-hydrogen) atoms. The number of hydrogen-bond donors (Lipinski definition) is 2. The van der Waals surface area contributed by atoms with Gasteiger partial charge in [0.2, 0.25) is 0 Å². The van der Waals surface area contributed by atoms with Crippen LogP contribution in [-0.2, 0) is 14.3 Å². The Morgan fingerprint density at radius 2 is 1.81 bits per heavy atom. The highest BCUT2D eigenvalue weighted by molar-refractivity contribution is 6.46. The summed E-state index contributed by atoms with van der Waals surface area (Å²) < 4.78 is 15.6. The van der Waals surface area contributed by atoms with E-state index < -0.39 is 23.5 Å². The molecule has 0 aliphatic carbocycles. The van der Waals surface area contributed by atoms with Gasteiger partial charge in [0.05, 0.1) is 36.4 Å². The number of halogens is 1. The van der Waals surface area contributed by atoms with Crippen molar-refractivity contribution in [1.82, 2.24) is 4.90 Å². The summed E-state index contributed by atoms with van der Waals surface area (Å²) in [5.74, 6) is -1.60. The highest BCUT2D eigenvalue weighted by Gasteiger charge is 2.46. The summed E-state index contributed by atoms with van der Waals surface area (Å²) in [6.45, 7) is 0.606. The van der Waals surface area contributed by atoms with Crippen LogP contribution < -0.4 is 9.47 Å². The standard InChI is InChI=1S/C23H24ClNO7/c1-30-9-5-8-25-20(13-6-4-7-14(26)10-13)19(22(28)23(25)29)21(27)15-11-18(32-3)16(24)12-17(15)31-2/h4,6-7,10-12,20,26-27H,5,8-9H2,1-3H3/b21-19+. The smallest absolute Gasteiger partial charge is 0.295 e. The van der Waals surface area contributed by atoms with Gasteiger partial charge >= 0.3 is 0 Å². The first-order valence-corrected chi connectivity index (χ1v) is 10.2. The van der Waals surface area contributed by atoms with Crippen molar-refractivity contribution in [2.45, 2.75) is 12.5 Å². The van der Waals surface area contributed by atoms with Gasteiger partial charge in [0.1, 0.15) is 23.0 Å². The third kappa shape index (κ3) is 4.37. The number of ether oxygens (including phenoxy) is 3. The highest BCUT2D eigenvalue weighted by atomic mass is 35.5. The topological polar surface area (TPSA) is 106 Å². The third-order valence-corrected chi connectivity index (χ3v) is 5.50. The van der Waals surface area contributed by atoms with Crippen LogP contribution in [0.3, 0.4) is 0 Å². The van der Waals surface area contributed by atoms with Crippen molar-refractivity contribution >= 4 is 29.1 Å². The molecule has 1 unspecified atom stereocenters. The van der Waals surface area contributed by atoms with E-state index in [9.17, 15) is 19.8 Å². The Bertz CT molecular complexity index is 1070. The monoisotopic (exact) mass is 461 g/mol. The minimum atomic E-state index is -0.912. The van der Waals surface area contributed by atoms with Gasteiger partial charge in [-0.2, -0.15) is 0 Å². The van der Waals surface area contributed by atoms with E-state index in [1.54, 1.807) is 19.2 Å². The van der Waals surface area contributed by atoms with Crippen LogP contribution in [0.4, 0.5) is 0 Å². The molecule has 9 heteroatoms. The first kappa shape index (κ1) is 23.4. The Morgan fingerprint density at radius 3 is 2.44 bits per heavy atom. The number of amides is 1. The Hall–Kier alpha value is -3.23. The van der Waals surface area contributed by atoms with E-state index >= 15 is 0 Å². The molecule has 1 heterocycles. The molecule has 1 fully saturated rings. The van der Waals surface area contributed by atoms with Crippen LogP contribution in [0.25, 0.3) is 5.76 Å². The average molecular weight is 462 g/mol. The number of carbonyl (C=O) groups excluding carboxylic acids is 2. The summed E-state index contributed by atoms with van der Waals surface area (Å²) >= 11 is 6.16. The van der Waals surface area contributed by atoms with Gasteiger partial charge in [-0.3, -0.25) is 9.59 Å². The van der Waals surface area contributed by atoms with Crippen LogP contribution in [0.1, 0.15) is 23.6 Å². The summed E-state index contributed by atoms with van der Waals surface area (Å²) in [5, 5.41) is 21.5. The largest absolute Gasteiger partial charge is 0.508 e. The van der Waals surface area contributed by atoms with Gasteiger partial charge < -0.3 is 29.3 Å². The fraction of sp³-hybridized carbons (Fsp3) is 0.304. The average Bonchev–Trinajstić information content (AvgIpc) is 3.03. The predicted molar refractivity (Wildman–Crippen MR) is 118 cm³/mol. The summed E-state index contributed by atoms with van der Waals surface area (Å²) in [6.07, 6.45) is 0.483. The van der Waals surface area contributed by atoms with E-state index in [1.165, 1.54) is 43.4 Å². The molecule has 0 spiro atoms. The van der Waals surface area contributed by atoms with E-state index in [2.05, 4.69) is 0 Å². The lowest BCUT2D eigenvalue weighted by Crippen LogP contribution is -2.31. The second-order valence-electron chi connectivity index (χ2n) is 7.12. The molecule has 170 valence electrons. The van der Waals surface area contributed by atoms with Gasteiger partial charge in [-0.05, 0) is 30.2 Å². The van der Waals surface area contributed by atoms with Gasteiger partial charge in [0.15, 0.2) is 0 Å². The summed E-state index contributed by atoms with van der Waals surface area (Å²) in [6, 6.07) is 8.19. The second kappa shape index (κ2) is 9.93. The number of likely N-dealkylation sites (tertiary alicyclic amines) is 1. The number of aromatic hydroxyl groups is 1. The maximum absolute atomic E-state index is 13.1. The number of benzene rings is 2. The molecule has 3 rings (SSSR count). The van der Waals surface area contributed by atoms with Gasteiger partial charge in [0, 0.05) is 26.3 Å². The molecular weight excluding hydrogens is 438 g/mol. The minimum Gasteiger partial charge on any atom is -0.508 e. The molecule has 0 aromatic heterocycles. The van der Waals surface area contributed by atoms with Gasteiger partial charge in [-0.1, -0.05) is 23.7 Å². The summed E-state index contributed by atoms with van der Waals surface area (Å²) in [5.41, 5.74) is 0.498. The Balaban J connectivity index is 2.22. The molecule has 2 aromatic carbocycles. The first-order valence-electron chi connectivity index (χ1n) is 9.82. The number of aliphatic hydroxyl groups excluding tert-OH is 1. The number of phenols is 1. The van der Waals surface area contributed by atoms with E-state index in [-0.39, 0.29) is 40.0 Å². The molecule has 1 amide bonds. The molecule has 1 atom stereocenters. The number of ketones is 1. The lowest BCUT2D eigenvalue weighted by Gasteiger charge is -2.25. The van der Waals surface area contributed by atoms with Crippen molar-refractivity contribution in [3.05, 3.63) is 58.1 Å². The van der Waals surface area contributed by atoms with E-state index in [4.69, 9.17) is 25.8 Å². The number of phenolic OH excluding ortho intramolecular Hbond substituents is 1. The number of carbonyl (C=O) groups is 2. The lowest BCUT2D eigenvalue weighted by molar-refractivity contribution is -0.140. The molecule has 0 saturated carbocycles. The van der Waals surface area contributed by atoms with Crippen LogP contribution >= 0.6 is 11.6 Å². The van der Waals surface area contributed by atoms with E-state index in [1.807, 2.05) is 0 Å². The predicted octanol–water partition coefficient (Wildman–Crippen LogP) is 3.52. The van der Waals surface area contributed by atoms with Crippen molar-refractivity contribution < 1.29 is 34.0 Å². The quantitative estimate of drug-likeness (QED) is 0.268. The van der Waals surface area contributed by atoms with Crippen LogP contribution in [0, 0.1) is 0 Å². The molecular formula is C23H24ClNO7. The van der Waals surface area contributed by atoms with E-state index in [0.29, 0.717) is 18.6 Å². The summed E-state index contributed by atoms with van der Waals surface area (Å²) in [4.78, 5) is 27.3. The Labute approximate surface area is 190 Å². The second-order valence-corrected chi connectivity index (χ2v) is 7.53. The SMILES string of the molecule is COCCCN1C(=O)C(=O)/C(=C(/O)c2cc(OC)c(Cl)cc2OC)C1c1cccc(O)c1. The Morgan fingerprint density at radius 1 is 1.09 bits per heavy atom. The van der Waals surface area contributed by atoms with Crippen molar-refractivity contribution in [2.75, 3.05) is 34.5 Å². The number of hydrogen-bond acceptors (Lipinski definition) is 7. The zero-order valence-electron chi connectivity index (χ0n) is 17.9. The molecule has 0 radical (unpaired) electrons. The normalized spacial score (nSPS) is 17.6. The van der Waals surface area contributed by atoms with Crippen LogP contribution in [0.15, 0.2) is 42.0 Å². The number of nitrogens with zero attached hydrogens (tertiary/aromatic N) is 1. The van der Waals surface area contributed by atoms with Crippen molar-refractivity contribution in [1.29, 1.82) is 0 Å². The summed E-state index contributed by atoms with van der Waals surface area (Å²) in [7, 11) is 4.35. The van der Waals surface area contributed by atoms with Gasteiger partial charge in [-0.25, -0.2) is 0 Å². The molecule has 1 aliphatic rings. The molecule has 1 saturated heterocycles. The lowest BCUT2D eigenvalue weighted by atomic mass is 9.94.